The summed E-state index contributed by atoms with van der Waals surface area (Å²) in [6, 6.07) is 12.1. The molecule has 3 aromatic carbocycles. The summed E-state index contributed by atoms with van der Waals surface area (Å²) < 4.78 is 13.4. The number of para-hydroxylation sites is 1. The summed E-state index contributed by atoms with van der Waals surface area (Å²) in [4.78, 5) is 16.3. The molecule has 2 N–H and O–H groups in total. The number of ether oxygens (including phenoxy) is 2. The number of phenols is 1. The summed E-state index contributed by atoms with van der Waals surface area (Å²) in [5.74, 6) is 1.34. The summed E-state index contributed by atoms with van der Waals surface area (Å²) >= 11 is 0. The van der Waals surface area contributed by atoms with E-state index in [9.17, 15) is 20.3 Å². The van der Waals surface area contributed by atoms with E-state index in [1.165, 1.54) is 18.3 Å². The lowest BCUT2D eigenvalue weighted by atomic mass is 9.69. The van der Waals surface area contributed by atoms with E-state index in [0.29, 0.717) is 30.8 Å². The van der Waals surface area contributed by atoms with Gasteiger partial charge in [-0.05, 0) is 88.3 Å². The quantitative estimate of drug-likeness (QED) is 0.0647. The van der Waals surface area contributed by atoms with Gasteiger partial charge in [0.15, 0.2) is 0 Å². The Labute approximate surface area is 344 Å². The van der Waals surface area contributed by atoms with Crippen molar-refractivity contribution in [1.82, 2.24) is 0 Å². The Balaban J connectivity index is 2.68. The lowest BCUT2D eigenvalue weighted by Crippen LogP contribution is -2.42. The highest BCUT2D eigenvalue weighted by Crippen LogP contribution is 2.49. The molecule has 3 rings (SSSR count). The Bertz CT molecular complexity index is 1700. The third-order valence-corrected chi connectivity index (χ3v) is 10.6. The van der Waals surface area contributed by atoms with Crippen molar-refractivity contribution in [3.05, 3.63) is 91.5 Å². The smallest absolute Gasteiger partial charge is 0.311 e. The van der Waals surface area contributed by atoms with Crippen LogP contribution < -0.4 is 9.47 Å². The third-order valence-electron chi connectivity index (χ3n) is 10.6. The van der Waals surface area contributed by atoms with Crippen molar-refractivity contribution >= 4 is 11.9 Å². The highest BCUT2D eigenvalue weighted by Gasteiger charge is 2.45. The van der Waals surface area contributed by atoms with Crippen LogP contribution in [0.4, 0.5) is 5.69 Å². The zero-order chi connectivity index (χ0) is 43.3. The topological polar surface area (TPSA) is 114 Å². The number of rotatable bonds is 16. The van der Waals surface area contributed by atoms with Gasteiger partial charge in [0.05, 0.1) is 24.2 Å². The Morgan fingerprint density at radius 2 is 1.11 bits per heavy atom. The second kappa shape index (κ2) is 18.3. The summed E-state index contributed by atoms with van der Waals surface area (Å²) in [5.41, 5.74) is 2.02. The highest BCUT2D eigenvalue weighted by molar-refractivity contribution is 5.85. The molecular weight excluding hydrogens is 713 g/mol. The van der Waals surface area contributed by atoms with Gasteiger partial charge in [-0.2, -0.15) is 0 Å². The van der Waals surface area contributed by atoms with Crippen molar-refractivity contribution in [2.75, 3.05) is 13.2 Å². The maximum Gasteiger partial charge on any atom is 0.311 e. The predicted octanol–water partition coefficient (Wildman–Crippen LogP) is 12.6. The van der Waals surface area contributed by atoms with E-state index >= 15 is 0 Å². The van der Waals surface area contributed by atoms with Crippen molar-refractivity contribution in [1.29, 1.82) is 0 Å². The van der Waals surface area contributed by atoms with Gasteiger partial charge in [-0.15, -0.1) is 0 Å². The van der Waals surface area contributed by atoms with Gasteiger partial charge in [0, 0.05) is 40.1 Å². The van der Waals surface area contributed by atoms with Crippen molar-refractivity contribution in [3.63, 3.8) is 0 Å². The molecule has 8 heteroatoms. The van der Waals surface area contributed by atoms with E-state index in [2.05, 4.69) is 135 Å². The number of unbranched alkanes of at least 4 members (excludes halogenated alkanes) is 2. The van der Waals surface area contributed by atoms with Crippen LogP contribution in [0.5, 0.6) is 17.2 Å². The van der Waals surface area contributed by atoms with Crippen molar-refractivity contribution in [2.45, 2.75) is 176 Å². The largest absolute Gasteiger partial charge is 0.502 e. The number of hydrogen-bond acceptors (Lipinski definition) is 7. The second-order valence-corrected chi connectivity index (χ2v) is 20.4. The molecule has 0 saturated carbocycles. The minimum absolute atomic E-state index is 0.0963. The number of nitro benzene ring substituents is 1. The van der Waals surface area contributed by atoms with Gasteiger partial charge in [0.25, 0.3) is 0 Å². The molecule has 1 atom stereocenters. The monoisotopic (exact) mass is 787 g/mol. The van der Waals surface area contributed by atoms with Crippen LogP contribution >= 0.6 is 0 Å². The molecule has 0 saturated heterocycles. The van der Waals surface area contributed by atoms with Crippen LogP contribution in [0.25, 0.3) is 0 Å². The third kappa shape index (κ3) is 11.4. The van der Waals surface area contributed by atoms with Crippen LogP contribution in [0, 0.1) is 16.0 Å². The van der Waals surface area contributed by atoms with Crippen LogP contribution in [0.3, 0.4) is 0 Å². The molecule has 0 aliphatic rings. The average Bonchev–Trinajstić information content (AvgIpc) is 3.08. The van der Waals surface area contributed by atoms with Gasteiger partial charge in [-0.1, -0.05) is 130 Å². The molecule has 316 valence electrons. The van der Waals surface area contributed by atoms with Crippen molar-refractivity contribution < 1.29 is 24.6 Å². The molecule has 0 aliphatic carbocycles. The molecule has 8 nitrogen and oxygen atoms in total. The molecule has 0 bridgehead atoms. The Hall–Kier alpha value is -3.91. The van der Waals surface area contributed by atoms with E-state index < -0.39 is 28.0 Å². The fraction of sp³-hybridized carbons (Fsp3) is 0.612. The maximum atomic E-state index is 14.2. The molecule has 3 aromatic rings. The first-order valence-electron chi connectivity index (χ1n) is 21.1. The number of aliphatic imine (C=N–C) groups is 1. The van der Waals surface area contributed by atoms with Crippen LogP contribution in [0.2, 0.25) is 0 Å². The number of nitrogens with zero attached hydrogens (tertiary/aromatic N) is 2. The number of phenolic OH excluding ortho intramolecular Hbond substituents is 1. The van der Waals surface area contributed by atoms with Crippen molar-refractivity contribution in [2.24, 2.45) is 10.9 Å². The zero-order valence-electron chi connectivity index (χ0n) is 38.1. The van der Waals surface area contributed by atoms with Gasteiger partial charge in [0.1, 0.15) is 17.1 Å². The molecule has 0 fully saturated rings. The summed E-state index contributed by atoms with van der Waals surface area (Å²) in [5, 5.41) is 37.0. The number of nitro groups is 1. The van der Waals surface area contributed by atoms with Gasteiger partial charge in [-0.25, -0.2) is 0 Å². The van der Waals surface area contributed by atoms with Crippen LogP contribution in [0.15, 0.2) is 47.5 Å². The van der Waals surface area contributed by atoms with E-state index in [4.69, 9.17) is 14.5 Å². The molecule has 0 radical (unpaired) electrons. The molecule has 0 aromatic heterocycles. The Kier molecular flexibility index (Phi) is 15.3. The predicted molar refractivity (Wildman–Crippen MR) is 237 cm³/mol. The fourth-order valence-corrected chi connectivity index (χ4v) is 7.18. The molecule has 57 heavy (non-hydrogen) atoms. The number of aromatic hydroxyl groups is 1. The molecular formula is C49H74N2O6. The van der Waals surface area contributed by atoms with E-state index in [1.807, 2.05) is 0 Å². The van der Waals surface area contributed by atoms with E-state index in [1.54, 1.807) is 6.07 Å². The first-order chi connectivity index (χ1) is 26.2. The fourth-order valence-electron chi connectivity index (χ4n) is 7.18. The van der Waals surface area contributed by atoms with Crippen LogP contribution in [-0.2, 0) is 27.3 Å². The minimum Gasteiger partial charge on any atom is -0.502 e. The molecule has 0 spiro atoms. The SMILES string of the molecule is CCCCOc1c(C(C)(C)C)cc(C(O)(c2cc(C(C)(C)C)c(OCCCC)c(C(C)(C)C)c2)C(CC(C)C)N=Cc2cccc([N+](=O)[O-])c2O)cc1C(C)(C)C. The summed E-state index contributed by atoms with van der Waals surface area (Å²) in [7, 11) is 0. The first kappa shape index (κ1) is 47.5. The molecule has 0 amide bonds. The standard InChI is InChI=1S/C49H74N2O6/c1-17-19-24-56-43-36(45(5,6)7)27-34(28-37(43)46(8,9)10)49(53,41(26-32(3)4)50-31-33-22-21-23-40(42(33)52)51(54)55)35-29-38(47(11,12)13)44(57-25-20-18-2)39(30-35)48(14,15)16/h21-23,27-32,41,52-53H,17-20,24-26H2,1-16H3. The lowest BCUT2D eigenvalue weighted by molar-refractivity contribution is -0.385. The van der Waals surface area contributed by atoms with Gasteiger partial charge in [-0.3, -0.25) is 15.1 Å². The lowest BCUT2D eigenvalue weighted by Gasteiger charge is -2.41. The van der Waals surface area contributed by atoms with Gasteiger partial charge >= 0.3 is 5.69 Å². The normalized spacial score (nSPS) is 13.7. The molecule has 0 aliphatic heterocycles. The first-order valence-corrected chi connectivity index (χ1v) is 21.1. The second-order valence-electron chi connectivity index (χ2n) is 20.4. The summed E-state index contributed by atoms with van der Waals surface area (Å²) in [6.07, 6.45) is 5.81. The maximum absolute atomic E-state index is 14.2. The number of benzene rings is 3. The molecule has 1 unspecified atom stereocenters. The average molecular weight is 787 g/mol. The van der Waals surface area contributed by atoms with Gasteiger partial charge in [0.2, 0.25) is 5.75 Å². The molecule has 0 heterocycles. The number of aliphatic hydroxyl groups is 1. The van der Waals surface area contributed by atoms with Crippen LogP contribution in [0.1, 0.15) is 182 Å². The Morgan fingerprint density at radius 3 is 1.42 bits per heavy atom. The highest BCUT2D eigenvalue weighted by atomic mass is 16.6. The summed E-state index contributed by atoms with van der Waals surface area (Å²) in [6.45, 7) is 35.8. The number of hydrogen-bond donors (Lipinski definition) is 2. The van der Waals surface area contributed by atoms with Crippen LogP contribution in [-0.4, -0.2) is 40.6 Å². The van der Waals surface area contributed by atoms with Gasteiger partial charge < -0.3 is 19.7 Å². The Morgan fingerprint density at radius 1 is 0.719 bits per heavy atom. The van der Waals surface area contributed by atoms with Crippen molar-refractivity contribution in [3.8, 4) is 17.2 Å². The van der Waals surface area contributed by atoms with E-state index in [-0.39, 0.29) is 33.1 Å². The zero-order valence-corrected chi connectivity index (χ0v) is 38.1. The van der Waals surface area contributed by atoms with E-state index in [0.717, 1.165) is 59.4 Å². The minimum atomic E-state index is -1.72.